The number of carbonyl (C=O) groups excluding carboxylic acids is 1. The smallest absolute Gasteiger partial charge is 0.293 e. The van der Waals surface area contributed by atoms with Crippen molar-refractivity contribution in [2.75, 3.05) is 0 Å². The number of carbonyl (C=O) groups is 1. The van der Waals surface area contributed by atoms with E-state index in [-0.39, 0.29) is 23.8 Å². The SMILES string of the molecule is O=C(C1=COC=C(C2=CC=CCC2)O1)N1C2C=C(c3ccncc3)CC1CC2. The second-order valence-electron chi connectivity index (χ2n) is 7.50. The summed E-state index contributed by atoms with van der Waals surface area (Å²) in [6, 6.07) is 4.37. The van der Waals surface area contributed by atoms with Gasteiger partial charge in [-0.2, -0.15) is 0 Å². The Kier molecular flexibility index (Phi) is 4.35. The van der Waals surface area contributed by atoms with Crippen LogP contribution in [0.4, 0.5) is 0 Å². The normalized spacial score (nSPS) is 25.8. The molecule has 1 saturated heterocycles. The number of pyridine rings is 1. The largest absolute Gasteiger partial charge is 0.465 e. The number of aromatic nitrogens is 1. The molecular formula is C23H22N2O3. The van der Waals surface area contributed by atoms with Gasteiger partial charge in [-0.25, -0.2) is 0 Å². The lowest BCUT2D eigenvalue weighted by molar-refractivity contribution is -0.132. The van der Waals surface area contributed by atoms with Crippen LogP contribution in [0.1, 0.15) is 37.7 Å². The fourth-order valence-corrected chi connectivity index (χ4v) is 4.42. The molecule has 5 heteroatoms. The summed E-state index contributed by atoms with van der Waals surface area (Å²) in [6.07, 6.45) is 19.7. The fourth-order valence-electron chi connectivity index (χ4n) is 4.42. The molecule has 1 fully saturated rings. The van der Waals surface area contributed by atoms with Crippen LogP contribution in [0, 0.1) is 0 Å². The first-order valence-electron chi connectivity index (χ1n) is 9.83. The van der Waals surface area contributed by atoms with E-state index in [0.717, 1.165) is 37.7 Å². The summed E-state index contributed by atoms with van der Waals surface area (Å²) in [5.41, 5.74) is 3.55. The van der Waals surface area contributed by atoms with Crippen molar-refractivity contribution < 1.29 is 14.3 Å². The number of hydrogen-bond donors (Lipinski definition) is 0. The maximum atomic E-state index is 13.2. The van der Waals surface area contributed by atoms with Crippen LogP contribution in [0.5, 0.6) is 0 Å². The molecule has 2 atom stereocenters. The van der Waals surface area contributed by atoms with Gasteiger partial charge in [0.05, 0.1) is 6.04 Å². The van der Waals surface area contributed by atoms with Gasteiger partial charge in [0, 0.05) is 18.4 Å². The van der Waals surface area contributed by atoms with Crippen molar-refractivity contribution in [3.63, 3.8) is 0 Å². The summed E-state index contributed by atoms with van der Waals surface area (Å²) < 4.78 is 11.4. The Morgan fingerprint density at radius 2 is 2.04 bits per heavy atom. The maximum absolute atomic E-state index is 13.2. The van der Waals surface area contributed by atoms with Crippen molar-refractivity contribution in [1.82, 2.24) is 9.88 Å². The van der Waals surface area contributed by atoms with E-state index in [1.165, 1.54) is 17.4 Å². The summed E-state index contributed by atoms with van der Waals surface area (Å²) in [4.78, 5) is 19.3. The zero-order valence-corrected chi connectivity index (χ0v) is 15.6. The molecule has 1 aromatic heterocycles. The predicted octanol–water partition coefficient (Wildman–Crippen LogP) is 4.23. The predicted molar refractivity (Wildman–Crippen MR) is 105 cm³/mol. The molecule has 0 aromatic carbocycles. The van der Waals surface area contributed by atoms with Crippen molar-refractivity contribution in [3.8, 4) is 0 Å². The Labute approximate surface area is 164 Å². The first-order valence-corrected chi connectivity index (χ1v) is 9.83. The Balaban J connectivity index is 1.34. The second kappa shape index (κ2) is 7.15. The van der Waals surface area contributed by atoms with Crippen LogP contribution in [0.15, 0.2) is 78.4 Å². The van der Waals surface area contributed by atoms with Crippen LogP contribution in [0.3, 0.4) is 0 Å². The van der Waals surface area contributed by atoms with Crippen molar-refractivity contribution in [2.45, 2.75) is 44.2 Å². The highest BCUT2D eigenvalue weighted by Gasteiger charge is 2.41. The number of hydrogen-bond acceptors (Lipinski definition) is 4. The minimum atomic E-state index is -0.0879. The lowest BCUT2D eigenvalue weighted by Gasteiger charge is -2.35. The third-order valence-electron chi connectivity index (χ3n) is 5.79. The van der Waals surface area contributed by atoms with Crippen LogP contribution in [0.2, 0.25) is 0 Å². The van der Waals surface area contributed by atoms with Gasteiger partial charge in [-0.05, 0) is 60.9 Å². The van der Waals surface area contributed by atoms with E-state index in [4.69, 9.17) is 9.47 Å². The van der Waals surface area contributed by atoms with E-state index in [1.807, 2.05) is 41.6 Å². The van der Waals surface area contributed by atoms with Crippen LogP contribution in [-0.2, 0) is 14.3 Å². The molecule has 0 saturated carbocycles. The molecule has 0 N–H and O–H groups in total. The molecule has 5 rings (SSSR count). The topological polar surface area (TPSA) is 51.7 Å². The number of ether oxygens (including phenoxy) is 2. The lowest BCUT2D eigenvalue weighted by Crippen LogP contribution is -2.44. The number of rotatable bonds is 3. The van der Waals surface area contributed by atoms with E-state index in [2.05, 4.69) is 17.1 Å². The van der Waals surface area contributed by atoms with Gasteiger partial charge in [0.15, 0.2) is 5.76 Å². The Bertz CT molecular complexity index is 940. The van der Waals surface area contributed by atoms with Gasteiger partial charge in [-0.15, -0.1) is 0 Å². The number of allylic oxidation sites excluding steroid dienone is 4. The standard InChI is InChI=1S/C23H22N2O3/c26-23(22-15-27-14-21(28-22)17-4-2-1-3-5-17)25-19-6-7-20(25)13-18(12-19)16-8-10-24-11-9-16/h1-2,4,8-12,14-15,19-20H,3,5-7,13H2. The number of fused-ring (bicyclic) bond motifs is 2. The minimum Gasteiger partial charge on any atom is -0.465 e. The van der Waals surface area contributed by atoms with Crippen LogP contribution < -0.4 is 0 Å². The quantitative estimate of drug-likeness (QED) is 0.794. The van der Waals surface area contributed by atoms with E-state index >= 15 is 0 Å². The molecule has 3 aliphatic heterocycles. The third-order valence-corrected chi connectivity index (χ3v) is 5.79. The van der Waals surface area contributed by atoms with E-state index in [9.17, 15) is 4.79 Å². The summed E-state index contributed by atoms with van der Waals surface area (Å²) in [5.74, 6) is 0.813. The molecule has 1 aliphatic carbocycles. The molecule has 2 bridgehead atoms. The maximum Gasteiger partial charge on any atom is 0.293 e. The number of amides is 1. The van der Waals surface area contributed by atoms with Gasteiger partial charge in [-0.3, -0.25) is 9.78 Å². The summed E-state index contributed by atoms with van der Waals surface area (Å²) in [6.45, 7) is 0. The first kappa shape index (κ1) is 17.0. The monoisotopic (exact) mass is 374 g/mol. The van der Waals surface area contributed by atoms with Crippen molar-refractivity contribution in [3.05, 3.63) is 84.0 Å². The highest BCUT2D eigenvalue weighted by molar-refractivity contribution is 5.93. The molecule has 2 unspecified atom stereocenters. The summed E-state index contributed by atoms with van der Waals surface area (Å²) in [5, 5.41) is 0. The van der Waals surface area contributed by atoms with Gasteiger partial charge >= 0.3 is 0 Å². The van der Waals surface area contributed by atoms with Crippen molar-refractivity contribution in [2.24, 2.45) is 0 Å². The molecule has 4 aliphatic rings. The van der Waals surface area contributed by atoms with Crippen LogP contribution >= 0.6 is 0 Å². The van der Waals surface area contributed by atoms with E-state index in [0.29, 0.717) is 5.76 Å². The van der Waals surface area contributed by atoms with Gasteiger partial charge in [-0.1, -0.05) is 24.3 Å². The van der Waals surface area contributed by atoms with Crippen molar-refractivity contribution >= 4 is 11.5 Å². The summed E-state index contributed by atoms with van der Waals surface area (Å²) >= 11 is 0. The van der Waals surface area contributed by atoms with Gasteiger partial charge < -0.3 is 14.4 Å². The zero-order valence-electron chi connectivity index (χ0n) is 15.6. The first-order chi connectivity index (χ1) is 13.8. The molecule has 0 radical (unpaired) electrons. The van der Waals surface area contributed by atoms with E-state index < -0.39 is 0 Å². The molecule has 28 heavy (non-hydrogen) atoms. The Morgan fingerprint density at radius 3 is 2.82 bits per heavy atom. The van der Waals surface area contributed by atoms with E-state index in [1.54, 1.807) is 6.26 Å². The third kappa shape index (κ3) is 3.07. The van der Waals surface area contributed by atoms with Crippen LogP contribution in [0.25, 0.3) is 5.57 Å². The molecule has 0 spiro atoms. The molecule has 5 nitrogen and oxygen atoms in total. The second-order valence-corrected chi connectivity index (χ2v) is 7.50. The van der Waals surface area contributed by atoms with Gasteiger partial charge in [0.1, 0.15) is 12.5 Å². The molecule has 1 amide bonds. The fraction of sp³-hybridized carbons (Fsp3) is 0.304. The Hall–Kier alpha value is -3.08. The summed E-state index contributed by atoms with van der Waals surface area (Å²) in [7, 11) is 0. The van der Waals surface area contributed by atoms with Gasteiger partial charge in [0.25, 0.3) is 5.91 Å². The number of nitrogens with zero attached hydrogens (tertiary/aromatic N) is 2. The highest BCUT2D eigenvalue weighted by Crippen LogP contribution is 2.40. The average molecular weight is 374 g/mol. The zero-order chi connectivity index (χ0) is 18.9. The molecular weight excluding hydrogens is 352 g/mol. The lowest BCUT2D eigenvalue weighted by atomic mass is 9.95. The van der Waals surface area contributed by atoms with Crippen molar-refractivity contribution in [1.29, 1.82) is 0 Å². The molecule has 4 heterocycles. The van der Waals surface area contributed by atoms with Crippen LogP contribution in [-0.4, -0.2) is 27.9 Å². The molecule has 1 aromatic rings. The minimum absolute atomic E-state index is 0.0879. The molecule has 142 valence electrons. The Morgan fingerprint density at radius 1 is 1.14 bits per heavy atom. The highest BCUT2D eigenvalue weighted by atomic mass is 16.5. The average Bonchev–Trinajstić information content (AvgIpc) is 3.03. The van der Waals surface area contributed by atoms with Gasteiger partial charge in [0.2, 0.25) is 5.76 Å².